The van der Waals surface area contributed by atoms with E-state index in [9.17, 15) is 18.0 Å². The van der Waals surface area contributed by atoms with Gasteiger partial charge in [-0.1, -0.05) is 43.6 Å². The highest BCUT2D eigenvalue weighted by Gasteiger charge is 2.47. The molecule has 2 aliphatic rings. The number of benzene rings is 1. The van der Waals surface area contributed by atoms with E-state index in [-0.39, 0.29) is 43.7 Å². The van der Waals surface area contributed by atoms with Crippen LogP contribution in [0.1, 0.15) is 32.3 Å². The lowest BCUT2D eigenvalue weighted by Crippen LogP contribution is -2.42. The fourth-order valence-corrected chi connectivity index (χ4v) is 5.85. The molecule has 1 fully saturated rings. The van der Waals surface area contributed by atoms with Gasteiger partial charge < -0.3 is 14.2 Å². The molecule has 8 nitrogen and oxygen atoms in total. The summed E-state index contributed by atoms with van der Waals surface area (Å²) in [6.45, 7) is 4.86. The number of nitrogens with zero attached hydrogens (tertiary/aromatic N) is 1. The van der Waals surface area contributed by atoms with Gasteiger partial charge in [0.1, 0.15) is 18.5 Å². The van der Waals surface area contributed by atoms with Gasteiger partial charge in [0.25, 0.3) is 0 Å². The molecule has 0 aliphatic carbocycles. The Labute approximate surface area is 192 Å². The number of allylic oxidation sites excluding steroid dienone is 1. The Kier molecular flexibility index (Phi) is 7.74. The van der Waals surface area contributed by atoms with Gasteiger partial charge in [-0.15, -0.1) is 0 Å². The maximum absolute atomic E-state index is 13.2. The molecule has 174 valence electrons. The monoisotopic (exact) mass is 483 g/mol. The van der Waals surface area contributed by atoms with Crippen LogP contribution in [0.3, 0.4) is 0 Å². The standard InChI is InChI=1S/C22H26ClNO7S/c1-13(2)21(25)30-8-9-31-22(26)18-14(3)24-17-12-29-10-11-32(27,28)20(17)19(18)15-6-4-5-7-16(15)23/h4-7,13,19-20H,8-12H2,1-3H3. The second-order valence-corrected chi connectivity index (χ2v) is 10.5. The first-order valence-electron chi connectivity index (χ1n) is 10.3. The van der Waals surface area contributed by atoms with Crippen LogP contribution >= 0.6 is 11.6 Å². The van der Waals surface area contributed by atoms with E-state index in [2.05, 4.69) is 4.99 Å². The van der Waals surface area contributed by atoms with Crippen molar-refractivity contribution in [1.82, 2.24) is 0 Å². The molecule has 0 amide bonds. The summed E-state index contributed by atoms with van der Waals surface area (Å²) in [5, 5.41) is -0.752. The third-order valence-corrected chi connectivity index (χ3v) is 7.68. The Morgan fingerprint density at radius 1 is 1.22 bits per heavy atom. The van der Waals surface area contributed by atoms with Crippen LogP contribution in [0.25, 0.3) is 0 Å². The van der Waals surface area contributed by atoms with E-state index in [1.54, 1.807) is 45.0 Å². The van der Waals surface area contributed by atoms with Crippen molar-refractivity contribution in [2.24, 2.45) is 10.9 Å². The molecule has 3 rings (SSSR count). The number of aliphatic imine (C=N–C) groups is 1. The maximum Gasteiger partial charge on any atom is 0.336 e. The molecule has 0 N–H and O–H groups in total. The van der Waals surface area contributed by atoms with Crippen molar-refractivity contribution in [3.8, 4) is 0 Å². The van der Waals surface area contributed by atoms with Gasteiger partial charge in [0.15, 0.2) is 9.84 Å². The van der Waals surface area contributed by atoms with Gasteiger partial charge >= 0.3 is 11.9 Å². The van der Waals surface area contributed by atoms with Gasteiger partial charge in [-0.3, -0.25) is 9.79 Å². The summed E-state index contributed by atoms with van der Waals surface area (Å²) in [7, 11) is -3.70. The first-order valence-corrected chi connectivity index (χ1v) is 12.4. The Bertz CT molecular complexity index is 1060. The molecule has 10 heteroatoms. The molecule has 1 saturated heterocycles. The van der Waals surface area contributed by atoms with Crippen LogP contribution in [0.5, 0.6) is 0 Å². The van der Waals surface area contributed by atoms with Crippen molar-refractivity contribution in [1.29, 1.82) is 0 Å². The van der Waals surface area contributed by atoms with Crippen molar-refractivity contribution in [2.75, 3.05) is 32.2 Å². The summed E-state index contributed by atoms with van der Waals surface area (Å²) < 4.78 is 42.2. The normalized spacial score (nSPS) is 22.6. The summed E-state index contributed by atoms with van der Waals surface area (Å²) in [5.74, 6) is -2.51. The van der Waals surface area contributed by atoms with E-state index in [1.807, 2.05) is 0 Å². The van der Waals surface area contributed by atoms with Crippen LogP contribution < -0.4 is 0 Å². The van der Waals surface area contributed by atoms with Gasteiger partial charge in [0, 0.05) is 16.6 Å². The molecule has 1 aromatic rings. The summed E-state index contributed by atoms with van der Waals surface area (Å²) in [5.41, 5.74) is 1.29. The van der Waals surface area contributed by atoms with Crippen molar-refractivity contribution < 1.29 is 32.2 Å². The molecule has 2 heterocycles. The molecule has 0 spiro atoms. The minimum atomic E-state index is -3.70. The maximum atomic E-state index is 13.2. The molecular weight excluding hydrogens is 458 g/mol. The predicted octanol–water partition coefficient (Wildman–Crippen LogP) is 2.71. The molecule has 0 radical (unpaired) electrons. The zero-order valence-corrected chi connectivity index (χ0v) is 19.7. The Morgan fingerprint density at radius 3 is 2.59 bits per heavy atom. The van der Waals surface area contributed by atoms with Crippen LogP contribution in [-0.2, 0) is 33.6 Å². The number of rotatable bonds is 6. The fourth-order valence-electron chi connectivity index (χ4n) is 3.76. The first-order chi connectivity index (χ1) is 15.1. The number of esters is 2. The Hall–Kier alpha value is -2.23. The van der Waals surface area contributed by atoms with Crippen LogP contribution in [0.15, 0.2) is 40.5 Å². The Morgan fingerprint density at radius 2 is 1.91 bits per heavy atom. The smallest absolute Gasteiger partial charge is 0.336 e. The van der Waals surface area contributed by atoms with Crippen LogP contribution in [-0.4, -0.2) is 63.5 Å². The average molecular weight is 484 g/mol. The molecule has 1 aromatic carbocycles. The SMILES string of the molecule is CC1=C(C(=O)OCCOC(=O)C(C)C)C(c2ccccc2Cl)C2C(=N1)COCCS2(=O)=O. The van der Waals surface area contributed by atoms with Crippen molar-refractivity contribution >= 4 is 39.1 Å². The highest BCUT2D eigenvalue weighted by molar-refractivity contribution is 7.92. The number of halogens is 1. The van der Waals surface area contributed by atoms with Gasteiger partial charge in [0.05, 0.1) is 36.2 Å². The van der Waals surface area contributed by atoms with E-state index in [4.69, 9.17) is 25.8 Å². The minimum Gasteiger partial charge on any atom is -0.462 e. The summed E-state index contributed by atoms with van der Waals surface area (Å²) in [6, 6.07) is 6.80. The summed E-state index contributed by atoms with van der Waals surface area (Å²) >= 11 is 6.43. The summed E-state index contributed by atoms with van der Waals surface area (Å²) in [6.07, 6.45) is 0. The average Bonchev–Trinajstić information content (AvgIpc) is 2.88. The van der Waals surface area contributed by atoms with Crippen LogP contribution in [0.4, 0.5) is 0 Å². The predicted molar refractivity (Wildman–Crippen MR) is 119 cm³/mol. The van der Waals surface area contributed by atoms with Crippen molar-refractivity contribution in [2.45, 2.75) is 31.9 Å². The number of hydrogen-bond acceptors (Lipinski definition) is 8. The lowest BCUT2D eigenvalue weighted by molar-refractivity contribution is -0.152. The molecule has 2 unspecified atom stereocenters. The zero-order valence-electron chi connectivity index (χ0n) is 18.2. The molecule has 32 heavy (non-hydrogen) atoms. The lowest BCUT2D eigenvalue weighted by Gasteiger charge is -2.32. The van der Waals surface area contributed by atoms with E-state index < -0.39 is 32.9 Å². The van der Waals surface area contributed by atoms with Crippen LogP contribution in [0.2, 0.25) is 5.02 Å². The lowest BCUT2D eigenvalue weighted by atomic mass is 9.83. The topological polar surface area (TPSA) is 108 Å². The van der Waals surface area contributed by atoms with Gasteiger partial charge in [-0.2, -0.15) is 0 Å². The van der Waals surface area contributed by atoms with E-state index in [1.165, 1.54) is 0 Å². The number of fused-ring (bicyclic) bond motifs is 1. The zero-order chi connectivity index (χ0) is 23.5. The van der Waals surface area contributed by atoms with E-state index in [0.29, 0.717) is 22.0 Å². The highest BCUT2D eigenvalue weighted by atomic mass is 35.5. The van der Waals surface area contributed by atoms with Crippen molar-refractivity contribution in [3.05, 3.63) is 46.1 Å². The number of ether oxygens (including phenoxy) is 3. The first kappa shape index (κ1) is 24.4. The number of carbonyl (C=O) groups excluding carboxylic acids is 2. The second-order valence-electron chi connectivity index (χ2n) is 7.90. The third kappa shape index (κ3) is 5.22. The van der Waals surface area contributed by atoms with Gasteiger partial charge in [-0.25, -0.2) is 13.2 Å². The number of sulfone groups is 1. The second kappa shape index (κ2) is 10.1. The van der Waals surface area contributed by atoms with Gasteiger partial charge in [-0.05, 0) is 18.6 Å². The molecule has 0 bridgehead atoms. The molecule has 0 saturated carbocycles. The molecule has 2 atom stereocenters. The minimum absolute atomic E-state index is 0.0488. The fraction of sp³-hybridized carbons (Fsp3) is 0.500. The summed E-state index contributed by atoms with van der Waals surface area (Å²) in [4.78, 5) is 29.1. The Balaban J connectivity index is 1.96. The third-order valence-electron chi connectivity index (χ3n) is 5.28. The number of carbonyl (C=O) groups is 2. The largest absolute Gasteiger partial charge is 0.462 e. The quantitative estimate of drug-likeness (QED) is 0.452. The molecular formula is C22H26ClNO7S. The van der Waals surface area contributed by atoms with E-state index in [0.717, 1.165) is 0 Å². The number of hydrogen-bond donors (Lipinski definition) is 0. The molecule has 0 aromatic heterocycles. The van der Waals surface area contributed by atoms with Crippen molar-refractivity contribution in [3.63, 3.8) is 0 Å². The van der Waals surface area contributed by atoms with E-state index >= 15 is 0 Å². The van der Waals surface area contributed by atoms with Gasteiger partial charge in [0.2, 0.25) is 0 Å². The van der Waals surface area contributed by atoms with Crippen LogP contribution in [0, 0.1) is 5.92 Å². The highest BCUT2D eigenvalue weighted by Crippen LogP contribution is 2.42. The molecule has 2 aliphatic heterocycles.